The van der Waals surface area contributed by atoms with E-state index in [9.17, 15) is 4.79 Å². The highest BCUT2D eigenvalue weighted by Gasteiger charge is 2.13. The van der Waals surface area contributed by atoms with Gasteiger partial charge >= 0.3 is 0 Å². The molecule has 0 aromatic heterocycles. The number of nitrogens with two attached hydrogens (primary N) is 1. The minimum atomic E-state index is -0.0274. The molecule has 0 bridgehead atoms. The molecule has 0 spiro atoms. The fourth-order valence-electron chi connectivity index (χ4n) is 2.46. The first-order chi connectivity index (χ1) is 11.8. The molecule has 0 radical (unpaired) electrons. The smallest absolute Gasteiger partial charge is 0.224 e. The molecule has 0 unspecified atom stereocenters. The van der Waals surface area contributed by atoms with Gasteiger partial charge in [-0.25, -0.2) is 0 Å². The highest BCUT2D eigenvalue weighted by atomic mass is 16.5. The van der Waals surface area contributed by atoms with Crippen molar-refractivity contribution in [3.05, 3.63) is 53.6 Å². The van der Waals surface area contributed by atoms with Crippen LogP contribution in [-0.4, -0.2) is 12.5 Å². The molecule has 4 heteroatoms. The summed E-state index contributed by atoms with van der Waals surface area (Å²) in [5.41, 5.74) is 9.57. The standard InChI is InChI=1S/C21H28N2O2/c1-15-7-10-17(22)14-19(15)23-20(24)6-5-13-25-18-11-8-16(9-12-18)21(2,3)4/h7-12,14H,5-6,13,22H2,1-4H3,(H,23,24). The number of carbonyl (C=O) groups excluding carboxylic acids is 1. The molecule has 0 fully saturated rings. The second-order valence-corrected chi connectivity index (χ2v) is 7.35. The third-order valence-electron chi connectivity index (χ3n) is 4.07. The van der Waals surface area contributed by atoms with E-state index in [0.717, 1.165) is 17.0 Å². The Hall–Kier alpha value is -2.49. The Morgan fingerprint density at radius 3 is 2.44 bits per heavy atom. The van der Waals surface area contributed by atoms with Crippen LogP contribution in [0, 0.1) is 6.92 Å². The van der Waals surface area contributed by atoms with Crippen molar-refractivity contribution in [1.82, 2.24) is 0 Å². The topological polar surface area (TPSA) is 64.3 Å². The molecule has 3 N–H and O–H groups in total. The van der Waals surface area contributed by atoms with Crippen LogP contribution < -0.4 is 15.8 Å². The lowest BCUT2D eigenvalue weighted by atomic mass is 9.87. The average molecular weight is 340 g/mol. The predicted octanol–water partition coefficient (Wildman–Crippen LogP) is 4.67. The molecule has 0 heterocycles. The maximum Gasteiger partial charge on any atom is 0.224 e. The van der Waals surface area contributed by atoms with Crippen molar-refractivity contribution >= 4 is 17.3 Å². The van der Waals surface area contributed by atoms with Crippen LogP contribution >= 0.6 is 0 Å². The molecule has 4 nitrogen and oxygen atoms in total. The largest absolute Gasteiger partial charge is 0.494 e. The van der Waals surface area contributed by atoms with E-state index in [0.29, 0.717) is 25.1 Å². The Bertz CT molecular complexity index is 716. The van der Waals surface area contributed by atoms with Gasteiger partial charge in [-0.1, -0.05) is 39.0 Å². The van der Waals surface area contributed by atoms with E-state index in [-0.39, 0.29) is 11.3 Å². The van der Waals surface area contributed by atoms with Gasteiger partial charge in [0.1, 0.15) is 5.75 Å². The molecule has 0 atom stereocenters. The zero-order valence-electron chi connectivity index (χ0n) is 15.6. The Kier molecular flexibility index (Phi) is 6.07. The Morgan fingerprint density at radius 2 is 1.80 bits per heavy atom. The number of benzene rings is 2. The summed E-state index contributed by atoms with van der Waals surface area (Å²) in [6, 6.07) is 13.6. The van der Waals surface area contributed by atoms with Crippen LogP contribution in [0.4, 0.5) is 11.4 Å². The van der Waals surface area contributed by atoms with Crippen LogP contribution in [0.15, 0.2) is 42.5 Å². The van der Waals surface area contributed by atoms with Crippen molar-refractivity contribution in [2.45, 2.75) is 46.0 Å². The second kappa shape index (κ2) is 8.06. The molecule has 2 rings (SSSR count). The number of hydrogen-bond acceptors (Lipinski definition) is 3. The number of anilines is 2. The van der Waals surface area contributed by atoms with Crippen molar-refractivity contribution in [3.63, 3.8) is 0 Å². The van der Waals surface area contributed by atoms with E-state index >= 15 is 0 Å². The molecular formula is C21H28N2O2. The number of ether oxygens (including phenoxy) is 1. The molecule has 0 aliphatic carbocycles. The third kappa shape index (κ3) is 5.82. The Morgan fingerprint density at radius 1 is 1.12 bits per heavy atom. The van der Waals surface area contributed by atoms with Crippen LogP contribution in [0.25, 0.3) is 0 Å². The first-order valence-corrected chi connectivity index (χ1v) is 8.65. The number of rotatable bonds is 6. The molecule has 1 amide bonds. The second-order valence-electron chi connectivity index (χ2n) is 7.35. The van der Waals surface area contributed by atoms with Crippen LogP contribution in [0.1, 0.15) is 44.7 Å². The van der Waals surface area contributed by atoms with Gasteiger partial charge in [-0.3, -0.25) is 4.79 Å². The Balaban J connectivity index is 1.75. The summed E-state index contributed by atoms with van der Waals surface area (Å²) in [6.07, 6.45) is 1.07. The van der Waals surface area contributed by atoms with Crippen molar-refractivity contribution in [2.24, 2.45) is 0 Å². The molecular weight excluding hydrogens is 312 g/mol. The lowest BCUT2D eigenvalue weighted by molar-refractivity contribution is -0.116. The maximum atomic E-state index is 12.0. The summed E-state index contributed by atoms with van der Waals surface area (Å²) in [5.74, 6) is 0.806. The van der Waals surface area contributed by atoms with Crippen LogP contribution in [0.2, 0.25) is 0 Å². The van der Waals surface area contributed by atoms with E-state index < -0.39 is 0 Å². The van der Waals surface area contributed by atoms with Crippen molar-refractivity contribution in [1.29, 1.82) is 0 Å². The monoisotopic (exact) mass is 340 g/mol. The normalized spacial score (nSPS) is 11.2. The first-order valence-electron chi connectivity index (χ1n) is 8.65. The van der Waals surface area contributed by atoms with Gasteiger partial charge in [0.25, 0.3) is 0 Å². The third-order valence-corrected chi connectivity index (χ3v) is 4.07. The summed E-state index contributed by atoms with van der Waals surface area (Å²) in [7, 11) is 0. The number of nitrogens with one attached hydrogen (secondary N) is 1. The molecule has 134 valence electrons. The fraction of sp³-hybridized carbons (Fsp3) is 0.381. The summed E-state index contributed by atoms with van der Waals surface area (Å²) >= 11 is 0. The zero-order valence-corrected chi connectivity index (χ0v) is 15.6. The van der Waals surface area contributed by atoms with Crippen LogP contribution in [0.5, 0.6) is 5.75 Å². The quantitative estimate of drug-likeness (QED) is 0.593. The highest BCUT2D eigenvalue weighted by Crippen LogP contribution is 2.24. The van der Waals surface area contributed by atoms with Gasteiger partial charge in [-0.05, 0) is 54.2 Å². The molecule has 0 saturated heterocycles. The highest BCUT2D eigenvalue weighted by molar-refractivity contribution is 5.91. The molecule has 25 heavy (non-hydrogen) atoms. The molecule has 0 aliphatic rings. The van der Waals surface area contributed by atoms with Crippen molar-refractivity contribution in [3.8, 4) is 5.75 Å². The number of nitrogen functional groups attached to an aromatic ring is 1. The summed E-state index contributed by atoms with van der Waals surface area (Å²) in [4.78, 5) is 12.0. The van der Waals surface area contributed by atoms with E-state index in [1.54, 1.807) is 6.07 Å². The summed E-state index contributed by atoms with van der Waals surface area (Å²) < 4.78 is 5.72. The van der Waals surface area contributed by atoms with Crippen molar-refractivity contribution in [2.75, 3.05) is 17.7 Å². The van der Waals surface area contributed by atoms with Crippen LogP contribution in [-0.2, 0) is 10.2 Å². The van der Waals surface area contributed by atoms with Gasteiger partial charge < -0.3 is 15.8 Å². The zero-order chi connectivity index (χ0) is 18.4. The lowest BCUT2D eigenvalue weighted by Gasteiger charge is -2.19. The van der Waals surface area contributed by atoms with Gasteiger partial charge in [0.2, 0.25) is 5.91 Å². The number of aryl methyl sites for hydroxylation is 1. The van der Waals surface area contributed by atoms with E-state index in [1.807, 2.05) is 31.2 Å². The van der Waals surface area contributed by atoms with Gasteiger partial charge in [-0.2, -0.15) is 0 Å². The summed E-state index contributed by atoms with van der Waals surface area (Å²) in [6.45, 7) is 9.01. The molecule has 2 aromatic carbocycles. The number of hydrogen-bond donors (Lipinski definition) is 2. The SMILES string of the molecule is Cc1ccc(N)cc1NC(=O)CCCOc1ccc(C(C)(C)C)cc1. The first kappa shape index (κ1) is 18.8. The Labute approximate surface area is 150 Å². The maximum absolute atomic E-state index is 12.0. The van der Waals surface area contributed by atoms with E-state index in [2.05, 4.69) is 38.2 Å². The van der Waals surface area contributed by atoms with E-state index in [4.69, 9.17) is 10.5 Å². The van der Waals surface area contributed by atoms with E-state index in [1.165, 1.54) is 5.56 Å². The number of carbonyl (C=O) groups is 1. The summed E-state index contributed by atoms with van der Waals surface area (Å²) in [5, 5.41) is 2.90. The minimum Gasteiger partial charge on any atom is -0.494 e. The van der Waals surface area contributed by atoms with Crippen molar-refractivity contribution < 1.29 is 9.53 Å². The van der Waals surface area contributed by atoms with Crippen LogP contribution in [0.3, 0.4) is 0 Å². The lowest BCUT2D eigenvalue weighted by Crippen LogP contribution is -2.14. The predicted molar refractivity (Wildman–Crippen MR) is 104 cm³/mol. The minimum absolute atomic E-state index is 0.0274. The van der Waals surface area contributed by atoms with Gasteiger partial charge in [0, 0.05) is 17.8 Å². The van der Waals surface area contributed by atoms with Gasteiger partial charge in [-0.15, -0.1) is 0 Å². The average Bonchev–Trinajstić information content (AvgIpc) is 2.55. The number of amides is 1. The molecule has 0 saturated carbocycles. The van der Waals surface area contributed by atoms with Gasteiger partial charge in [0.05, 0.1) is 6.61 Å². The molecule has 2 aromatic rings. The molecule has 0 aliphatic heterocycles. The fourth-order valence-corrected chi connectivity index (χ4v) is 2.46. The van der Waals surface area contributed by atoms with Gasteiger partial charge in [0.15, 0.2) is 0 Å².